The number of hydrogen-bond acceptors (Lipinski definition) is 2. The summed E-state index contributed by atoms with van der Waals surface area (Å²) >= 11 is 3.36. The van der Waals surface area contributed by atoms with Gasteiger partial charge in [0.1, 0.15) is 0 Å². The fraction of sp³-hybridized carbons (Fsp3) is 0.300. The maximum absolute atomic E-state index is 11.3. The molecule has 13 heavy (non-hydrogen) atoms. The lowest BCUT2D eigenvalue weighted by atomic mass is 10.0. The highest BCUT2D eigenvalue weighted by atomic mass is 79.9. The average molecular weight is 243 g/mol. The second kappa shape index (κ2) is 4.42. The quantitative estimate of drug-likeness (QED) is 0.589. The van der Waals surface area contributed by atoms with E-state index in [4.69, 9.17) is 0 Å². The van der Waals surface area contributed by atoms with E-state index < -0.39 is 0 Å². The number of esters is 1. The summed E-state index contributed by atoms with van der Waals surface area (Å²) in [6.07, 6.45) is 0. The Morgan fingerprint density at radius 2 is 2.23 bits per heavy atom. The Labute approximate surface area is 86.0 Å². The van der Waals surface area contributed by atoms with Crippen molar-refractivity contribution >= 4 is 21.9 Å². The summed E-state index contributed by atoms with van der Waals surface area (Å²) in [6.45, 7) is 1.92. The van der Waals surface area contributed by atoms with Gasteiger partial charge in [0, 0.05) is 5.33 Å². The molecule has 0 aliphatic carbocycles. The molecule has 0 saturated carbocycles. The largest absolute Gasteiger partial charge is 0.465 e. The van der Waals surface area contributed by atoms with Crippen molar-refractivity contribution in [3.05, 3.63) is 34.9 Å². The van der Waals surface area contributed by atoms with E-state index in [-0.39, 0.29) is 5.97 Å². The van der Waals surface area contributed by atoms with Crippen molar-refractivity contribution in [2.75, 3.05) is 7.11 Å². The lowest BCUT2D eigenvalue weighted by Gasteiger charge is -2.06. The molecule has 0 aliphatic heterocycles. The van der Waals surface area contributed by atoms with Gasteiger partial charge in [-0.2, -0.15) is 0 Å². The minimum absolute atomic E-state index is 0.277. The van der Waals surface area contributed by atoms with Crippen molar-refractivity contribution in [1.29, 1.82) is 0 Å². The molecule has 0 N–H and O–H groups in total. The Balaban J connectivity index is 3.15. The van der Waals surface area contributed by atoms with E-state index in [9.17, 15) is 4.79 Å². The van der Waals surface area contributed by atoms with Crippen LogP contribution in [0.25, 0.3) is 0 Å². The number of hydrogen-bond donors (Lipinski definition) is 0. The molecular formula is C10H11BrO2. The molecule has 3 heteroatoms. The summed E-state index contributed by atoms with van der Waals surface area (Å²) in [4.78, 5) is 11.3. The first kappa shape index (κ1) is 10.3. The van der Waals surface area contributed by atoms with Crippen LogP contribution in [0.2, 0.25) is 0 Å². The van der Waals surface area contributed by atoms with Gasteiger partial charge in [-0.3, -0.25) is 0 Å². The average Bonchev–Trinajstić information content (AvgIpc) is 2.17. The predicted molar refractivity (Wildman–Crippen MR) is 55.1 cm³/mol. The van der Waals surface area contributed by atoms with Crippen molar-refractivity contribution in [3.8, 4) is 0 Å². The van der Waals surface area contributed by atoms with Crippen LogP contribution in [0.1, 0.15) is 21.5 Å². The van der Waals surface area contributed by atoms with Crippen LogP contribution in [0, 0.1) is 6.92 Å². The van der Waals surface area contributed by atoms with Crippen molar-refractivity contribution in [3.63, 3.8) is 0 Å². The summed E-state index contributed by atoms with van der Waals surface area (Å²) in [5.74, 6) is -0.277. The summed E-state index contributed by atoms with van der Waals surface area (Å²) < 4.78 is 4.66. The molecular weight excluding hydrogens is 232 g/mol. The Morgan fingerprint density at radius 1 is 1.54 bits per heavy atom. The van der Waals surface area contributed by atoms with Crippen LogP contribution in [0.15, 0.2) is 18.2 Å². The number of ether oxygens (including phenoxy) is 1. The van der Waals surface area contributed by atoms with Gasteiger partial charge >= 0.3 is 5.97 Å². The number of rotatable bonds is 2. The van der Waals surface area contributed by atoms with Gasteiger partial charge < -0.3 is 4.74 Å². The highest BCUT2D eigenvalue weighted by molar-refractivity contribution is 9.08. The van der Waals surface area contributed by atoms with Crippen LogP contribution in [-0.4, -0.2) is 13.1 Å². The molecule has 0 radical (unpaired) electrons. The molecule has 0 unspecified atom stereocenters. The summed E-state index contributed by atoms with van der Waals surface area (Å²) in [6, 6.07) is 5.61. The summed E-state index contributed by atoms with van der Waals surface area (Å²) in [7, 11) is 1.39. The molecule has 1 aromatic carbocycles. The fourth-order valence-electron chi connectivity index (χ4n) is 1.16. The monoisotopic (exact) mass is 242 g/mol. The first-order valence-corrected chi connectivity index (χ1v) is 5.05. The highest BCUT2D eigenvalue weighted by Gasteiger charge is 2.10. The Kier molecular flexibility index (Phi) is 3.48. The third-order valence-electron chi connectivity index (χ3n) is 2.00. The van der Waals surface area contributed by atoms with Crippen LogP contribution in [0.5, 0.6) is 0 Å². The van der Waals surface area contributed by atoms with E-state index in [1.807, 2.05) is 19.1 Å². The van der Waals surface area contributed by atoms with Gasteiger partial charge in [0.25, 0.3) is 0 Å². The van der Waals surface area contributed by atoms with Crippen molar-refractivity contribution in [1.82, 2.24) is 0 Å². The smallest absolute Gasteiger partial charge is 0.338 e. The molecule has 1 rings (SSSR count). The number of halogens is 1. The van der Waals surface area contributed by atoms with Crippen molar-refractivity contribution in [2.45, 2.75) is 12.3 Å². The van der Waals surface area contributed by atoms with Gasteiger partial charge in [-0.1, -0.05) is 28.1 Å². The van der Waals surface area contributed by atoms with Crippen molar-refractivity contribution in [2.24, 2.45) is 0 Å². The molecule has 0 fully saturated rings. The minimum atomic E-state index is -0.277. The standard InChI is InChI=1S/C10H11BrO2/c1-7-8(6-11)4-3-5-9(7)10(12)13-2/h3-5H,6H2,1-2H3. The Bertz CT molecular complexity index is 321. The normalized spacial score (nSPS) is 9.77. The zero-order chi connectivity index (χ0) is 9.84. The van der Waals surface area contributed by atoms with Crippen LogP contribution >= 0.6 is 15.9 Å². The van der Waals surface area contributed by atoms with Gasteiger partial charge in [0.2, 0.25) is 0 Å². The molecule has 70 valence electrons. The van der Waals surface area contributed by atoms with E-state index in [0.29, 0.717) is 5.56 Å². The van der Waals surface area contributed by atoms with Crippen LogP contribution in [0.3, 0.4) is 0 Å². The lowest BCUT2D eigenvalue weighted by molar-refractivity contribution is 0.0600. The van der Waals surface area contributed by atoms with E-state index in [2.05, 4.69) is 20.7 Å². The maximum atomic E-state index is 11.3. The van der Waals surface area contributed by atoms with Crippen molar-refractivity contribution < 1.29 is 9.53 Å². The Hall–Kier alpha value is -0.830. The maximum Gasteiger partial charge on any atom is 0.338 e. The molecule has 0 bridgehead atoms. The molecule has 1 aromatic rings. The topological polar surface area (TPSA) is 26.3 Å². The molecule has 0 spiro atoms. The second-order valence-corrected chi connectivity index (χ2v) is 3.28. The number of carbonyl (C=O) groups is 1. The first-order valence-electron chi connectivity index (χ1n) is 3.93. The first-order chi connectivity index (χ1) is 6.20. The van der Waals surface area contributed by atoms with Gasteiger partial charge in [-0.05, 0) is 24.1 Å². The molecule has 0 heterocycles. The van der Waals surface area contributed by atoms with Gasteiger partial charge in [-0.15, -0.1) is 0 Å². The number of alkyl halides is 1. The van der Waals surface area contributed by atoms with Gasteiger partial charge in [0.05, 0.1) is 12.7 Å². The van der Waals surface area contributed by atoms with E-state index in [1.54, 1.807) is 6.07 Å². The van der Waals surface area contributed by atoms with E-state index in [1.165, 1.54) is 7.11 Å². The van der Waals surface area contributed by atoms with Crippen LogP contribution in [0.4, 0.5) is 0 Å². The summed E-state index contributed by atoms with van der Waals surface area (Å²) in [5, 5.41) is 0.754. The molecule has 2 nitrogen and oxygen atoms in total. The SMILES string of the molecule is COC(=O)c1cccc(CBr)c1C. The molecule has 0 aliphatic rings. The predicted octanol–water partition coefficient (Wildman–Crippen LogP) is 2.68. The Morgan fingerprint density at radius 3 is 2.77 bits per heavy atom. The number of methoxy groups -OCH3 is 1. The van der Waals surface area contributed by atoms with Gasteiger partial charge in [-0.25, -0.2) is 4.79 Å². The third-order valence-corrected chi connectivity index (χ3v) is 2.60. The molecule has 0 atom stereocenters. The molecule has 0 aromatic heterocycles. The van der Waals surface area contributed by atoms with E-state index in [0.717, 1.165) is 16.5 Å². The van der Waals surface area contributed by atoms with Crippen LogP contribution < -0.4 is 0 Å². The second-order valence-electron chi connectivity index (χ2n) is 2.71. The zero-order valence-electron chi connectivity index (χ0n) is 7.63. The highest BCUT2D eigenvalue weighted by Crippen LogP contribution is 2.16. The van der Waals surface area contributed by atoms with Gasteiger partial charge in [0.15, 0.2) is 0 Å². The number of carbonyl (C=O) groups excluding carboxylic acids is 1. The summed E-state index contributed by atoms with van der Waals surface area (Å²) in [5.41, 5.74) is 2.73. The minimum Gasteiger partial charge on any atom is -0.465 e. The third kappa shape index (κ3) is 2.10. The molecule has 0 amide bonds. The fourth-order valence-corrected chi connectivity index (χ4v) is 1.77. The molecule has 0 saturated heterocycles. The lowest BCUT2D eigenvalue weighted by Crippen LogP contribution is -2.04. The number of benzene rings is 1. The zero-order valence-corrected chi connectivity index (χ0v) is 9.22. The van der Waals surface area contributed by atoms with Crippen LogP contribution in [-0.2, 0) is 10.1 Å². The van der Waals surface area contributed by atoms with E-state index >= 15 is 0 Å².